The first-order valence-corrected chi connectivity index (χ1v) is 9.79. The zero-order valence-electron chi connectivity index (χ0n) is 15.4. The highest BCUT2D eigenvalue weighted by atomic mass is 32.1. The Kier molecular flexibility index (Phi) is 5.11. The SMILES string of the molecule is O=C(NCc1ccc2c(c1)CCO2)Nc1cscc1-c1nc(C(=O)O)c(O)c(=O)[nH]1. The van der Waals surface area contributed by atoms with Crippen LogP contribution in [0.15, 0.2) is 33.8 Å². The van der Waals surface area contributed by atoms with Crippen LogP contribution >= 0.6 is 11.3 Å². The monoisotopic (exact) mass is 428 g/mol. The van der Waals surface area contributed by atoms with Crippen molar-refractivity contribution in [2.24, 2.45) is 0 Å². The van der Waals surface area contributed by atoms with Crippen molar-refractivity contribution in [3.05, 3.63) is 56.1 Å². The van der Waals surface area contributed by atoms with Crippen LogP contribution in [-0.4, -0.2) is 38.8 Å². The molecule has 2 aromatic heterocycles. The third-order valence-electron chi connectivity index (χ3n) is 4.47. The topological polar surface area (TPSA) is 154 Å². The van der Waals surface area contributed by atoms with E-state index >= 15 is 0 Å². The van der Waals surface area contributed by atoms with Gasteiger partial charge in [-0.2, -0.15) is 0 Å². The molecule has 30 heavy (non-hydrogen) atoms. The number of nitrogens with zero attached hydrogens (tertiary/aromatic N) is 1. The van der Waals surface area contributed by atoms with Gasteiger partial charge in [0.25, 0.3) is 5.56 Å². The zero-order valence-corrected chi connectivity index (χ0v) is 16.2. The standard InChI is InChI=1S/C19H16N4O6S/c24-15-14(18(26)27)22-16(23-17(15)25)11-7-30-8-12(11)21-19(28)20-6-9-1-2-13-10(5-9)3-4-29-13/h1-2,5,7-8,24H,3-4,6H2,(H,26,27)(H2,20,21,28)(H,22,23,25). The summed E-state index contributed by atoms with van der Waals surface area (Å²) in [6.07, 6.45) is 0.837. The molecular weight excluding hydrogens is 412 g/mol. The molecule has 3 aromatic rings. The summed E-state index contributed by atoms with van der Waals surface area (Å²) in [5.41, 5.74) is 0.937. The molecule has 1 aliphatic heterocycles. The summed E-state index contributed by atoms with van der Waals surface area (Å²) in [5, 5.41) is 27.3. The minimum Gasteiger partial charge on any atom is -0.501 e. The number of nitrogens with one attached hydrogen (secondary N) is 3. The predicted molar refractivity (Wildman–Crippen MR) is 108 cm³/mol. The van der Waals surface area contributed by atoms with Crippen molar-refractivity contribution >= 4 is 29.0 Å². The summed E-state index contributed by atoms with van der Waals surface area (Å²) in [4.78, 5) is 41.4. The number of fused-ring (bicyclic) bond motifs is 1. The van der Waals surface area contributed by atoms with Gasteiger partial charge in [0.15, 0.2) is 5.69 Å². The Morgan fingerprint density at radius 2 is 2.13 bits per heavy atom. The maximum atomic E-state index is 12.3. The maximum absolute atomic E-state index is 12.3. The van der Waals surface area contributed by atoms with Gasteiger partial charge in [-0.15, -0.1) is 11.3 Å². The highest BCUT2D eigenvalue weighted by Crippen LogP contribution is 2.30. The summed E-state index contributed by atoms with van der Waals surface area (Å²) in [6, 6.07) is 5.25. The molecule has 0 unspecified atom stereocenters. The van der Waals surface area contributed by atoms with E-state index in [0.29, 0.717) is 24.4 Å². The highest BCUT2D eigenvalue weighted by molar-refractivity contribution is 7.08. The van der Waals surface area contributed by atoms with Gasteiger partial charge < -0.3 is 30.6 Å². The van der Waals surface area contributed by atoms with Crippen molar-refractivity contribution in [2.75, 3.05) is 11.9 Å². The second-order valence-corrected chi connectivity index (χ2v) is 7.21. The van der Waals surface area contributed by atoms with Crippen molar-refractivity contribution in [1.29, 1.82) is 0 Å². The normalized spacial score (nSPS) is 12.1. The van der Waals surface area contributed by atoms with Crippen LogP contribution in [0.4, 0.5) is 10.5 Å². The van der Waals surface area contributed by atoms with Crippen LogP contribution in [0.1, 0.15) is 21.6 Å². The van der Waals surface area contributed by atoms with E-state index in [1.54, 1.807) is 10.8 Å². The third kappa shape index (κ3) is 3.82. The Labute approximate surface area is 173 Å². The number of carboxylic acid groups (broad SMARTS) is 1. The minimum absolute atomic E-state index is 0.0784. The third-order valence-corrected chi connectivity index (χ3v) is 5.21. The molecule has 10 nitrogen and oxygen atoms in total. The van der Waals surface area contributed by atoms with Crippen molar-refractivity contribution in [3.63, 3.8) is 0 Å². The maximum Gasteiger partial charge on any atom is 0.358 e. The molecule has 1 aliphatic rings. The first kappa shape index (κ1) is 19.5. The largest absolute Gasteiger partial charge is 0.501 e. The molecule has 0 bridgehead atoms. The molecule has 11 heteroatoms. The smallest absolute Gasteiger partial charge is 0.358 e. The summed E-state index contributed by atoms with van der Waals surface area (Å²) in [7, 11) is 0. The van der Waals surface area contributed by atoms with E-state index in [9.17, 15) is 19.5 Å². The second kappa shape index (κ2) is 7.87. The molecule has 0 radical (unpaired) electrons. The number of H-pyrrole nitrogens is 1. The van der Waals surface area contributed by atoms with Gasteiger partial charge in [0, 0.05) is 23.7 Å². The van der Waals surface area contributed by atoms with Crippen LogP contribution in [0.5, 0.6) is 11.5 Å². The number of anilines is 1. The molecule has 0 saturated heterocycles. The van der Waals surface area contributed by atoms with Gasteiger partial charge in [-0.25, -0.2) is 14.6 Å². The van der Waals surface area contributed by atoms with Gasteiger partial charge in [0.1, 0.15) is 11.6 Å². The van der Waals surface area contributed by atoms with Crippen LogP contribution in [0, 0.1) is 0 Å². The van der Waals surface area contributed by atoms with Gasteiger partial charge in [-0.1, -0.05) is 12.1 Å². The number of carbonyl (C=O) groups is 2. The number of aromatic nitrogens is 2. The highest BCUT2D eigenvalue weighted by Gasteiger charge is 2.20. The lowest BCUT2D eigenvalue weighted by molar-refractivity contribution is 0.0686. The van der Waals surface area contributed by atoms with Gasteiger partial charge in [-0.05, 0) is 17.2 Å². The van der Waals surface area contributed by atoms with E-state index in [2.05, 4.69) is 20.6 Å². The van der Waals surface area contributed by atoms with Crippen molar-refractivity contribution in [1.82, 2.24) is 15.3 Å². The molecule has 4 rings (SSSR count). The molecule has 0 atom stereocenters. The number of amides is 2. The van der Waals surface area contributed by atoms with Crippen molar-refractivity contribution in [2.45, 2.75) is 13.0 Å². The van der Waals surface area contributed by atoms with Crippen molar-refractivity contribution < 1.29 is 24.5 Å². The summed E-state index contributed by atoms with van der Waals surface area (Å²) < 4.78 is 5.46. The summed E-state index contributed by atoms with van der Waals surface area (Å²) >= 11 is 1.23. The molecular formula is C19H16N4O6S. The Morgan fingerprint density at radius 1 is 1.30 bits per heavy atom. The molecule has 1 aromatic carbocycles. The van der Waals surface area contributed by atoms with Gasteiger partial charge >= 0.3 is 12.0 Å². The number of aromatic amines is 1. The molecule has 0 saturated carbocycles. The van der Waals surface area contributed by atoms with E-state index in [0.717, 1.165) is 23.3 Å². The average molecular weight is 428 g/mol. The number of urea groups is 1. The predicted octanol–water partition coefficient (Wildman–Crippen LogP) is 2.16. The quantitative estimate of drug-likeness (QED) is 0.417. The lowest BCUT2D eigenvalue weighted by Crippen LogP contribution is -2.28. The van der Waals surface area contributed by atoms with Gasteiger partial charge in [-0.3, -0.25) is 4.79 Å². The number of aromatic hydroxyl groups is 1. The lowest BCUT2D eigenvalue weighted by Gasteiger charge is -2.10. The fourth-order valence-corrected chi connectivity index (χ4v) is 3.78. The molecule has 3 heterocycles. The first-order valence-electron chi connectivity index (χ1n) is 8.85. The number of aromatic carboxylic acids is 1. The van der Waals surface area contributed by atoms with Crippen molar-refractivity contribution in [3.8, 4) is 22.9 Å². The van der Waals surface area contributed by atoms with Crippen LogP contribution in [0.2, 0.25) is 0 Å². The lowest BCUT2D eigenvalue weighted by atomic mass is 10.1. The Morgan fingerprint density at radius 3 is 2.93 bits per heavy atom. The van der Waals surface area contributed by atoms with Crippen LogP contribution in [-0.2, 0) is 13.0 Å². The summed E-state index contributed by atoms with van der Waals surface area (Å²) in [6.45, 7) is 0.959. The van der Waals surface area contributed by atoms with E-state index in [4.69, 9.17) is 9.84 Å². The molecule has 2 amide bonds. The average Bonchev–Trinajstić information content (AvgIpc) is 3.37. The number of hydrogen-bond acceptors (Lipinski definition) is 7. The Hall–Kier alpha value is -3.86. The van der Waals surface area contributed by atoms with E-state index < -0.39 is 29.0 Å². The number of rotatable bonds is 5. The van der Waals surface area contributed by atoms with Crippen LogP contribution < -0.4 is 20.9 Å². The zero-order chi connectivity index (χ0) is 21.3. The number of benzene rings is 1. The molecule has 0 fully saturated rings. The number of hydrogen-bond donors (Lipinski definition) is 5. The molecule has 0 spiro atoms. The first-order chi connectivity index (χ1) is 14.4. The summed E-state index contributed by atoms with van der Waals surface area (Å²) in [5.74, 6) is -1.73. The second-order valence-electron chi connectivity index (χ2n) is 6.46. The number of thiophene rings is 1. The van der Waals surface area contributed by atoms with E-state index in [1.165, 1.54) is 11.3 Å². The number of carboxylic acids is 1. The van der Waals surface area contributed by atoms with E-state index in [-0.39, 0.29) is 5.82 Å². The minimum atomic E-state index is -1.54. The van der Waals surface area contributed by atoms with Crippen LogP contribution in [0.25, 0.3) is 11.4 Å². The number of carbonyl (C=O) groups excluding carboxylic acids is 1. The van der Waals surface area contributed by atoms with Gasteiger partial charge in [0.05, 0.1) is 17.9 Å². The fourth-order valence-electron chi connectivity index (χ4n) is 3.02. The Balaban J connectivity index is 1.48. The fraction of sp³-hybridized carbons (Fsp3) is 0.158. The van der Waals surface area contributed by atoms with Crippen LogP contribution in [0.3, 0.4) is 0 Å². The molecule has 5 N–H and O–H groups in total. The molecule has 0 aliphatic carbocycles. The molecule has 154 valence electrons. The van der Waals surface area contributed by atoms with Gasteiger partial charge in [0.2, 0.25) is 5.75 Å². The van der Waals surface area contributed by atoms with E-state index in [1.807, 2.05) is 18.2 Å². The Bertz CT molecular complexity index is 1200. The number of ether oxygens (including phenoxy) is 1.